The first-order valence-corrected chi connectivity index (χ1v) is 8.95. The van der Waals surface area contributed by atoms with Crippen LogP contribution >= 0.6 is 0 Å². The summed E-state index contributed by atoms with van der Waals surface area (Å²) in [6.07, 6.45) is 0. The second kappa shape index (κ2) is 8.01. The predicted octanol–water partition coefficient (Wildman–Crippen LogP) is 2.83. The van der Waals surface area contributed by atoms with Gasteiger partial charge in [0.05, 0.1) is 16.3 Å². The van der Waals surface area contributed by atoms with Gasteiger partial charge in [-0.25, -0.2) is 4.68 Å². The van der Waals surface area contributed by atoms with Crippen molar-refractivity contribution in [1.82, 2.24) is 9.36 Å². The molecule has 1 aromatic heterocycles. The second-order valence-electron chi connectivity index (χ2n) is 6.60. The van der Waals surface area contributed by atoms with Crippen LogP contribution in [0.1, 0.15) is 12.6 Å². The zero-order chi connectivity index (χ0) is 21.1. The molecule has 0 aliphatic heterocycles. The Morgan fingerprint density at radius 2 is 1.83 bits per heavy atom. The molecule has 0 saturated carbocycles. The molecule has 3 aromatic rings. The molecular formula is C20H21N5O4. The molecule has 0 aliphatic carbocycles. The minimum absolute atomic E-state index is 0.118. The van der Waals surface area contributed by atoms with Crippen LogP contribution in [0.2, 0.25) is 0 Å². The molecule has 0 aliphatic rings. The van der Waals surface area contributed by atoms with Crippen molar-refractivity contribution in [3.05, 3.63) is 80.8 Å². The number of nitro benzene ring substituents is 1. The fraction of sp³-hybridized carbons (Fsp3) is 0.200. The first-order valence-electron chi connectivity index (χ1n) is 8.95. The van der Waals surface area contributed by atoms with E-state index in [1.54, 1.807) is 31.6 Å². The maximum atomic E-state index is 12.9. The molecule has 0 bridgehead atoms. The normalized spacial score (nSPS) is 11.7. The van der Waals surface area contributed by atoms with Crippen LogP contribution in [0, 0.1) is 17.0 Å². The van der Waals surface area contributed by atoms with Crippen molar-refractivity contribution < 1.29 is 9.72 Å². The molecule has 2 N–H and O–H groups in total. The van der Waals surface area contributed by atoms with E-state index in [1.165, 1.54) is 22.9 Å². The Hall–Kier alpha value is -3.88. The highest BCUT2D eigenvalue weighted by atomic mass is 16.6. The maximum Gasteiger partial charge on any atom is 0.295 e. The standard InChI is InChI=1S/C20H21N5O4/c1-13(19(26)22-15-8-7-11-17(12-15)25(28)29)21-18-14(2)23(3)24(20(18)27)16-9-5-4-6-10-16/h4-13,21H,1-3H3,(H,22,26). The quantitative estimate of drug-likeness (QED) is 0.492. The molecule has 1 atom stereocenters. The first-order chi connectivity index (χ1) is 13.8. The van der Waals surface area contributed by atoms with E-state index in [1.807, 2.05) is 30.3 Å². The molecule has 0 radical (unpaired) electrons. The number of carbonyl (C=O) groups excluding carboxylic acids is 1. The number of carbonyl (C=O) groups is 1. The number of nitro groups is 1. The number of rotatable bonds is 6. The molecule has 150 valence electrons. The smallest absolute Gasteiger partial charge is 0.295 e. The van der Waals surface area contributed by atoms with Crippen LogP contribution in [-0.4, -0.2) is 26.2 Å². The van der Waals surface area contributed by atoms with Crippen molar-refractivity contribution >= 4 is 23.0 Å². The van der Waals surface area contributed by atoms with Crippen LogP contribution in [-0.2, 0) is 11.8 Å². The van der Waals surface area contributed by atoms with Crippen LogP contribution in [0.4, 0.5) is 17.1 Å². The SMILES string of the molecule is Cc1c(NC(C)C(=O)Nc2cccc([N+](=O)[O-])c2)c(=O)n(-c2ccccc2)n1C. The van der Waals surface area contributed by atoms with Crippen LogP contribution in [0.3, 0.4) is 0 Å². The maximum absolute atomic E-state index is 12.9. The van der Waals surface area contributed by atoms with Gasteiger partial charge in [0.15, 0.2) is 0 Å². The van der Waals surface area contributed by atoms with Gasteiger partial charge >= 0.3 is 0 Å². The molecule has 9 nitrogen and oxygen atoms in total. The molecule has 0 fully saturated rings. The Balaban J connectivity index is 1.81. The van der Waals surface area contributed by atoms with E-state index in [0.717, 1.165) is 0 Å². The molecule has 1 amide bonds. The summed E-state index contributed by atoms with van der Waals surface area (Å²) in [6.45, 7) is 3.40. The lowest BCUT2D eigenvalue weighted by Gasteiger charge is -2.14. The second-order valence-corrected chi connectivity index (χ2v) is 6.60. The monoisotopic (exact) mass is 395 g/mol. The summed E-state index contributed by atoms with van der Waals surface area (Å²) in [6, 6.07) is 14.1. The predicted molar refractivity (Wildman–Crippen MR) is 111 cm³/mol. The number of hydrogen-bond donors (Lipinski definition) is 2. The van der Waals surface area contributed by atoms with Gasteiger partial charge < -0.3 is 10.6 Å². The van der Waals surface area contributed by atoms with E-state index in [-0.39, 0.29) is 11.2 Å². The third kappa shape index (κ3) is 4.03. The van der Waals surface area contributed by atoms with Gasteiger partial charge in [-0.2, -0.15) is 0 Å². The van der Waals surface area contributed by atoms with Crippen molar-refractivity contribution in [2.75, 3.05) is 10.6 Å². The van der Waals surface area contributed by atoms with Crippen LogP contribution < -0.4 is 16.2 Å². The summed E-state index contributed by atoms with van der Waals surface area (Å²) in [7, 11) is 1.77. The fourth-order valence-corrected chi connectivity index (χ4v) is 2.96. The molecule has 9 heteroatoms. The summed E-state index contributed by atoms with van der Waals surface area (Å²) in [5.74, 6) is -0.417. The number of hydrogen-bond acceptors (Lipinski definition) is 5. The molecular weight excluding hydrogens is 374 g/mol. The summed E-state index contributed by atoms with van der Waals surface area (Å²) >= 11 is 0. The highest BCUT2D eigenvalue weighted by Crippen LogP contribution is 2.18. The highest BCUT2D eigenvalue weighted by Gasteiger charge is 2.21. The summed E-state index contributed by atoms with van der Waals surface area (Å²) in [4.78, 5) is 35.8. The molecule has 1 heterocycles. The van der Waals surface area contributed by atoms with Gasteiger partial charge in [0.2, 0.25) is 5.91 Å². The topological polar surface area (TPSA) is 111 Å². The minimum atomic E-state index is -0.743. The Labute approximate surface area is 166 Å². The molecule has 0 saturated heterocycles. The first kappa shape index (κ1) is 19.9. The van der Waals surface area contributed by atoms with E-state index < -0.39 is 16.9 Å². The average Bonchev–Trinajstić information content (AvgIpc) is 2.92. The van der Waals surface area contributed by atoms with Gasteiger partial charge in [-0.1, -0.05) is 24.3 Å². The van der Waals surface area contributed by atoms with Crippen molar-refractivity contribution in [2.45, 2.75) is 19.9 Å². The van der Waals surface area contributed by atoms with Gasteiger partial charge in [0.1, 0.15) is 11.7 Å². The molecule has 1 unspecified atom stereocenters. The Morgan fingerprint density at radius 1 is 1.14 bits per heavy atom. The number of benzene rings is 2. The van der Waals surface area contributed by atoms with Crippen molar-refractivity contribution in [3.8, 4) is 5.69 Å². The lowest BCUT2D eigenvalue weighted by atomic mass is 10.2. The zero-order valence-electron chi connectivity index (χ0n) is 16.2. The third-order valence-corrected chi connectivity index (χ3v) is 4.63. The Bertz CT molecular complexity index is 1120. The van der Waals surface area contributed by atoms with Gasteiger partial charge in [-0.15, -0.1) is 0 Å². The van der Waals surface area contributed by atoms with E-state index in [9.17, 15) is 19.7 Å². The largest absolute Gasteiger partial charge is 0.368 e. The Kier molecular flexibility index (Phi) is 5.49. The van der Waals surface area contributed by atoms with E-state index in [4.69, 9.17) is 0 Å². The lowest BCUT2D eigenvalue weighted by molar-refractivity contribution is -0.384. The lowest BCUT2D eigenvalue weighted by Crippen LogP contribution is -2.34. The summed E-state index contributed by atoms with van der Waals surface area (Å²) in [5.41, 5.74) is 1.63. The minimum Gasteiger partial charge on any atom is -0.368 e. The van der Waals surface area contributed by atoms with Crippen molar-refractivity contribution in [1.29, 1.82) is 0 Å². The zero-order valence-corrected chi connectivity index (χ0v) is 16.2. The number of nitrogens with zero attached hydrogens (tertiary/aromatic N) is 3. The van der Waals surface area contributed by atoms with Crippen molar-refractivity contribution in [2.24, 2.45) is 7.05 Å². The Morgan fingerprint density at radius 3 is 2.48 bits per heavy atom. The highest BCUT2D eigenvalue weighted by molar-refractivity contribution is 5.96. The number of amides is 1. The summed E-state index contributed by atoms with van der Waals surface area (Å²) < 4.78 is 3.23. The molecule has 3 rings (SSSR count). The fourth-order valence-electron chi connectivity index (χ4n) is 2.96. The van der Waals surface area contributed by atoms with Gasteiger partial charge in [-0.3, -0.25) is 24.4 Å². The van der Waals surface area contributed by atoms with Crippen LogP contribution in [0.25, 0.3) is 5.69 Å². The van der Waals surface area contributed by atoms with E-state index >= 15 is 0 Å². The number of nitrogens with one attached hydrogen (secondary N) is 2. The molecule has 2 aromatic carbocycles. The van der Waals surface area contributed by atoms with Crippen molar-refractivity contribution in [3.63, 3.8) is 0 Å². The van der Waals surface area contributed by atoms with Gasteiger partial charge in [-0.05, 0) is 32.0 Å². The van der Waals surface area contributed by atoms with E-state index in [2.05, 4.69) is 10.6 Å². The number of para-hydroxylation sites is 1. The third-order valence-electron chi connectivity index (χ3n) is 4.63. The number of non-ortho nitro benzene ring substituents is 1. The molecule has 29 heavy (non-hydrogen) atoms. The van der Waals surface area contributed by atoms with Crippen LogP contribution in [0.5, 0.6) is 0 Å². The average molecular weight is 395 g/mol. The number of anilines is 2. The van der Waals surface area contributed by atoms with Gasteiger partial charge in [0.25, 0.3) is 11.2 Å². The van der Waals surface area contributed by atoms with Gasteiger partial charge in [0, 0.05) is 24.9 Å². The molecule has 0 spiro atoms. The number of aromatic nitrogens is 2. The van der Waals surface area contributed by atoms with E-state index in [0.29, 0.717) is 22.8 Å². The summed E-state index contributed by atoms with van der Waals surface area (Å²) in [5, 5.41) is 16.5. The van der Waals surface area contributed by atoms with Crippen LogP contribution in [0.15, 0.2) is 59.4 Å².